The van der Waals surface area contributed by atoms with Crippen LogP contribution in [-0.4, -0.2) is 32.6 Å². The van der Waals surface area contributed by atoms with Gasteiger partial charge in [0.15, 0.2) is 5.69 Å². The van der Waals surface area contributed by atoms with Crippen molar-refractivity contribution in [2.24, 2.45) is 0 Å². The third kappa shape index (κ3) is 3.91. The normalized spacial score (nSPS) is 10.3. The Labute approximate surface area is 130 Å². The number of benzene rings is 1. The summed E-state index contributed by atoms with van der Waals surface area (Å²) >= 11 is 3.32. The highest BCUT2D eigenvalue weighted by Gasteiger charge is 2.21. The SMILES string of the molecule is O=C(c1ccc([N+](=O)[O-])[nH]1)N(CCBr)Cc1ccccc1. The second-order valence-corrected chi connectivity index (χ2v) is 5.21. The molecule has 0 bridgehead atoms. The lowest BCUT2D eigenvalue weighted by Crippen LogP contribution is -2.32. The van der Waals surface area contributed by atoms with Gasteiger partial charge in [-0.25, -0.2) is 4.98 Å². The molecule has 0 aliphatic heterocycles. The van der Waals surface area contributed by atoms with E-state index < -0.39 is 4.92 Å². The smallest absolute Gasteiger partial charge is 0.321 e. The molecule has 0 fully saturated rings. The predicted molar refractivity (Wildman–Crippen MR) is 82.4 cm³/mol. The highest BCUT2D eigenvalue weighted by Crippen LogP contribution is 2.14. The number of nitrogens with one attached hydrogen (secondary N) is 1. The van der Waals surface area contributed by atoms with Crippen molar-refractivity contribution < 1.29 is 9.72 Å². The number of carbonyl (C=O) groups is 1. The summed E-state index contributed by atoms with van der Waals surface area (Å²) < 4.78 is 0. The van der Waals surface area contributed by atoms with Crippen molar-refractivity contribution >= 4 is 27.7 Å². The molecule has 1 heterocycles. The van der Waals surface area contributed by atoms with Gasteiger partial charge in [-0.2, -0.15) is 0 Å². The summed E-state index contributed by atoms with van der Waals surface area (Å²) in [6, 6.07) is 12.3. The molecule has 0 aliphatic carbocycles. The van der Waals surface area contributed by atoms with Crippen LogP contribution in [0.4, 0.5) is 5.82 Å². The second kappa shape index (κ2) is 7.03. The Morgan fingerprint density at radius 3 is 2.52 bits per heavy atom. The van der Waals surface area contributed by atoms with Crippen LogP contribution >= 0.6 is 15.9 Å². The monoisotopic (exact) mass is 351 g/mol. The first-order chi connectivity index (χ1) is 10.1. The molecule has 21 heavy (non-hydrogen) atoms. The number of nitrogens with zero attached hydrogens (tertiary/aromatic N) is 2. The molecular weight excluding hydrogens is 338 g/mol. The average molecular weight is 352 g/mol. The summed E-state index contributed by atoms with van der Waals surface area (Å²) in [6.07, 6.45) is 0. The standard InChI is InChI=1S/C14H14BrN3O3/c15-8-9-17(10-11-4-2-1-3-5-11)14(19)12-6-7-13(16-12)18(20)21/h1-7,16H,8-10H2. The highest BCUT2D eigenvalue weighted by atomic mass is 79.9. The number of alkyl halides is 1. The van der Waals surface area contributed by atoms with Crippen LogP contribution < -0.4 is 0 Å². The molecule has 1 aromatic heterocycles. The number of amides is 1. The first-order valence-electron chi connectivity index (χ1n) is 6.34. The highest BCUT2D eigenvalue weighted by molar-refractivity contribution is 9.09. The van der Waals surface area contributed by atoms with Crippen molar-refractivity contribution in [1.82, 2.24) is 9.88 Å². The average Bonchev–Trinajstić information content (AvgIpc) is 2.97. The minimum Gasteiger partial charge on any atom is -0.358 e. The third-order valence-corrected chi connectivity index (χ3v) is 3.31. The quantitative estimate of drug-likeness (QED) is 0.493. The van der Waals surface area contributed by atoms with Crippen molar-refractivity contribution in [3.8, 4) is 0 Å². The van der Waals surface area contributed by atoms with Crippen LogP contribution in [0.3, 0.4) is 0 Å². The van der Waals surface area contributed by atoms with E-state index in [0.29, 0.717) is 18.4 Å². The van der Waals surface area contributed by atoms with E-state index in [-0.39, 0.29) is 17.4 Å². The van der Waals surface area contributed by atoms with E-state index >= 15 is 0 Å². The van der Waals surface area contributed by atoms with Gasteiger partial charge in [-0.05, 0) is 16.6 Å². The maximum Gasteiger partial charge on any atom is 0.321 e. The van der Waals surface area contributed by atoms with E-state index in [1.165, 1.54) is 12.1 Å². The Morgan fingerprint density at radius 2 is 1.95 bits per heavy atom. The molecule has 0 unspecified atom stereocenters. The van der Waals surface area contributed by atoms with Gasteiger partial charge in [-0.15, -0.1) is 0 Å². The molecule has 0 radical (unpaired) electrons. The van der Waals surface area contributed by atoms with Crippen LogP contribution in [0.5, 0.6) is 0 Å². The van der Waals surface area contributed by atoms with Crippen molar-refractivity contribution in [2.75, 3.05) is 11.9 Å². The molecule has 0 aliphatic rings. The van der Waals surface area contributed by atoms with Gasteiger partial charge in [0, 0.05) is 24.5 Å². The fraction of sp³-hybridized carbons (Fsp3) is 0.214. The second-order valence-electron chi connectivity index (χ2n) is 4.42. The van der Waals surface area contributed by atoms with Gasteiger partial charge in [-0.3, -0.25) is 4.79 Å². The third-order valence-electron chi connectivity index (χ3n) is 2.96. The maximum atomic E-state index is 12.4. The molecular formula is C14H14BrN3O3. The Morgan fingerprint density at radius 1 is 1.24 bits per heavy atom. The Kier molecular flexibility index (Phi) is 5.10. The van der Waals surface area contributed by atoms with E-state index in [9.17, 15) is 14.9 Å². The van der Waals surface area contributed by atoms with E-state index in [2.05, 4.69) is 20.9 Å². The van der Waals surface area contributed by atoms with Crippen LogP contribution in [0.25, 0.3) is 0 Å². The number of aromatic amines is 1. The van der Waals surface area contributed by atoms with Crippen LogP contribution in [0.15, 0.2) is 42.5 Å². The number of aromatic nitrogens is 1. The lowest BCUT2D eigenvalue weighted by atomic mass is 10.2. The van der Waals surface area contributed by atoms with Gasteiger partial charge in [-0.1, -0.05) is 46.3 Å². The zero-order chi connectivity index (χ0) is 15.2. The van der Waals surface area contributed by atoms with Crippen molar-refractivity contribution in [3.05, 3.63) is 63.8 Å². The van der Waals surface area contributed by atoms with E-state index in [1.807, 2.05) is 30.3 Å². The molecule has 110 valence electrons. The number of carbonyl (C=O) groups excluding carboxylic acids is 1. The van der Waals surface area contributed by atoms with Gasteiger partial charge in [0.1, 0.15) is 0 Å². The number of nitro groups is 1. The van der Waals surface area contributed by atoms with E-state index in [1.54, 1.807) is 4.90 Å². The van der Waals surface area contributed by atoms with Gasteiger partial charge >= 0.3 is 5.82 Å². The summed E-state index contributed by atoms with van der Waals surface area (Å²) in [5.74, 6) is -0.441. The summed E-state index contributed by atoms with van der Waals surface area (Å²) in [5.41, 5.74) is 1.23. The van der Waals surface area contributed by atoms with Crippen LogP contribution in [-0.2, 0) is 6.54 Å². The number of H-pyrrole nitrogens is 1. The fourth-order valence-corrected chi connectivity index (χ4v) is 2.37. The Bertz CT molecular complexity index is 627. The molecule has 0 atom stereocenters. The predicted octanol–water partition coefficient (Wildman–Crippen LogP) is 2.96. The molecule has 1 N–H and O–H groups in total. The van der Waals surface area contributed by atoms with Crippen LogP contribution in [0.2, 0.25) is 0 Å². The minimum absolute atomic E-state index is 0.183. The van der Waals surface area contributed by atoms with Crippen molar-refractivity contribution in [1.29, 1.82) is 0 Å². The van der Waals surface area contributed by atoms with Crippen molar-refractivity contribution in [2.45, 2.75) is 6.54 Å². The number of hydrogen-bond donors (Lipinski definition) is 1. The minimum atomic E-state index is -0.553. The van der Waals surface area contributed by atoms with Crippen molar-refractivity contribution in [3.63, 3.8) is 0 Å². The Balaban J connectivity index is 2.16. The summed E-state index contributed by atoms with van der Waals surface area (Å²) in [5, 5.41) is 11.3. The van der Waals surface area contributed by atoms with Gasteiger partial charge in [0.2, 0.25) is 0 Å². The molecule has 1 aromatic carbocycles. The number of hydrogen-bond acceptors (Lipinski definition) is 3. The Hall–Kier alpha value is -2.15. The molecule has 6 nitrogen and oxygen atoms in total. The zero-order valence-corrected chi connectivity index (χ0v) is 12.7. The lowest BCUT2D eigenvalue weighted by molar-refractivity contribution is -0.389. The molecule has 7 heteroatoms. The first kappa shape index (κ1) is 15.2. The molecule has 0 saturated carbocycles. The molecule has 1 amide bonds. The van der Waals surface area contributed by atoms with Crippen LogP contribution in [0.1, 0.15) is 16.1 Å². The number of rotatable bonds is 6. The fourth-order valence-electron chi connectivity index (χ4n) is 1.94. The largest absolute Gasteiger partial charge is 0.358 e. The summed E-state index contributed by atoms with van der Waals surface area (Å²) in [4.78, 5) is 26.7. The molecule has 0 spiro atoms. The van der Waals surface area contributed by atoms with Gasteiger partial charge in [0.25, 0.3) is 5.91 Å². The van der Waals surface area contributed by atoms with E-state index in [4.69, 9.17) is 0 Å². The molecule has 2 aromatic rings. The van der Waals surface area contributed by atoms with Gasteiger partial charge < -0.3 is 15.0 Å². The molecule has 0 saturated heterocycles. The van der Waals surface area contributed by atoms with Crippen LogP contribution in [0, 0.1) is 10.1 Å². The van der Waals surface area contributed by atoms with Gasteiger partial charge in [0.05, 0.1) is 0 Å². The summed E-state index contributed by atoms with van der Waals surface area (Å²) in [6.45, 7) is 0.971. The molecule has 2 rings (SSSR count). The van der Waals surface area contributed by atoms with E-state index in [0.717, 1.165) is 5.56 Å². The topological polar surface area (TPSA) is 79.2 Å². The first-order valence-corrected chi connectivity index (χ1v) is 7.46. The number of halogens is 1. The lowest BCUT2D eigenvalue weighted by Gasteiger charge is -2.20. The summed E-state index contributed by atoms with van der Waals surface area (Å²) in [7, 11) is 0. The zero-order valence-electron chi connectivity index (χ0n) is 11.2. The maximum absolute atomic E-state index is 12.4.